The number of carbonyl (C=O) groups is 2. The molecule has 120 valence electrons. The molecule has 1 heterocycles. The van der Waals surface area contributed by atoms with E-state index in [0.717, 1.165) is 44.2 Å². The van der Waals surface area contributed by atoms with E-state index in [9.17, 15) is 14.7 Å². The minimum absolute atomic E-state index is 0.0184. The van der Waals surface area contributed by atoms with Crippen molar-refractivity contribution >= 4 is 11.9 Å². The normalized spacial score (nSPS) is 25.0. The van der Waals surface area contributed by atoms with Crippen molar-refractivity contribution in [2.45, 2.75) is 57.4 Å². The highest BCUT2D eigenvalue weighted by molar-refractivity contribution is 5.89. The Kier molecular flexibility index (Phi) is 4.18. The second-order valence-electron chi connectivity index (χ2n) is 6.22. The minimum Gasteiger partial charge on any atom is -0.478 e. The van der Waals surface area contributed by atoms with Crippen LogP contribution in [0.1, 0.15) is 73.5 Å². The van der Waals surface area contributed by atoms with E-state index < -0.39 is 5.97 Å². The Morgan fingerprint density at radius 1 is 1.27 bits per heavy atom. The van der Waals surface area contributed by atoms with Gasteiger partial charge in [0.15, 0.2) is 0 Å². The monoisotopic (exact) mass is 306 g/mol. The van der Waals surface area contributed by atoms with Gasteiger partial charge in [-0.15, -0.1) is 0 Å². The van der Waals surface area contributed by atoms with Crippen molar-refractivity contribution in [2.75, 3.05) is 6.61 Å². The maximum absolute atomic E-state index is 11.8. The third kappa shape index (κ3) is 2.87. The minimum atomic E-state index is -0.895. The van der Waals surface area contributed by atoms with Gasteiger partial charge in [-0.1, -0.05) is 0 Å². The van der Waals surface area contributed by atoms with Gasteiger partial charge < -0.3 is 9.84 Å². The first-order valence-electron chi connectivity index (χ1n) is 8.09. The highest BCUT2D eigenvalue weighted by atomic mass is 16.5. The summed E-state index contributed by atoms with van der Waals surface area (Å²) in [7, 11) is 0. The number of hydrogen-bond acceptors (Lipinski definition) is 4. The number of ether oxygens (including phenoxy) is 1. The van der Waals surface area contributed by atoms with Crippen molar-refractivity contribution in [3.05, 3.63) is 17.5 Å². The lowest BCUT2D eigenvalue weighted by molar-refractivity contribution is -0.149. The van der Waals surface area contributed by atoms with Gasteiger partial charge in [-0.3, -0.25) is 9.48 Å². The maximum atomic E-state index is 11.8. The first-order chi connectivity index (χ1) is 10.6. The number of carbonyl (C=O) groups excluding carboxylic acids is 1. The Bertz CT molecular complexity index is 569. The third-order valence-electron chi connectivity index (χ3n) is 4.69. The molecule has 0 aromatic carbocycles. The van der Waals surface area contributed by atoms with Gasteiger partial charge in [0, 0.05) is 5.92 Å². The molecule has 0 amide bonds. The number of aromatic carboxylic acids is 1. The smallest absolute Gasteiger partial charge is 0.339 e. The molecule has 1 aromatic heterocycles. The highest BCUT2D eigenvalue weighted by Gasteiger charge is 2.36. The van der Waals surface area contributed by atoms with Crippen LogP contribution in [0, 0.1) is 5.92 Å². The van der Waals surface area contributed by atoms with Crippen LogP contribution in [0.5, 0.6) is 0 Å². The van der Waals surface area contributed by atoms with E-state index in [1.54, 1.807) is 0 Å². The lowest BCUT2D eigenvalue weighted by atomic mass is 9.86. The molecule has 3 rings (SSSR count). The van der Waals surface area contributed by atoms with Crippen molar-refractivity contribution in [2.24, 2.45) is 5.92 Å². The van der Waals surface area contributed by atoms with Crippen molar-refractivity contribution < 1.29 is 19.4 Å². The molecule has 6 nitrogen and oxygen atoms in total. The summed E-state index contributed by atoms with van der Waals surface area (Å²) in [5.41, 5.74) is 1.22. The lowest BCUT2D eigenvalue weighted by Gasteiger charge is -2.28. The second kappa shape index (κ2) is 6.10. The zero-order chi connectivity index (χ0) is 15.7. The molecule has 0 radical (unpaired) electrons. The fourth-order valence-electron chi connectivity index (χ4n) is 3.41. The van der Waals surface area contributed by atoms with Gasteiger partial charge in [0.1, 0.15) is 5.56 Å². The summed E-state index contributed by atoms with van der Waals surface area (Å²) >= 11 is 0. The van der Waals surface area contributed by atoms with Crippen LogP contribution in [0.2, 0.25) is 0 Å². The summed E-state index contributed by atoms with van der Waals surface area (Å²) in [6.07, 6.45) is 6.85. The average Bonchev–Trinajstić information content (AvgIpc) is 3.25. The summed E-state index contributed by atoms with van der Waals surface area (Å²) in [4.78, 5) is 23.1. The quantitative estimate of drug-likeness (QED) is 0.846. The van der Waals surface area contributed by atoms with E-state index in [-0.39, 0.29) is 17.9 Å². The van der Waals surface area contributed by atoms with Crippen LogP contribution in [0.4, 0.5) is 0 Å². The molecular formula is C16H22N2O4. The zero-order valence-corrected chi connectivity index (χ0v) is 12.8. The number of rotatable bonds is 5. The molecule has 0 unspecified atom stereocenters. The van der Waals surface area contributed by atoms with Gasteiger partial charge in [-0.05, 0) is 45.4 Å². The molecule has 0 spiro atoms. The number of carboxylic acids is 1. The molecule has 2 saturated carbocycles. The van der Waals surface area contributed by atoms with Crippen LogP contribution < -0.4 is 0 Å². The van der Waals surface area contributed by atoms with Crippen LogP contribution in [-0.2, 0) is 9.53 Å². The molecule has 22 heavy (non-hydrogen) atoms. The number of hydrogen-bond donors (Lipinski definition) is 1. The third-order valence-corrected chi connectivity index (χ3v) is 4.69. The standard InChI is InChI=1S/C16H22N2O4/c1-2-22-16(21)11-5-7-12(8-6-11)18-14(10-3-4-10)13(9-17-18)15(19)20/h9-12H,2-8H2,1H3,(H,19,20). The average molecular weight is 306 g/mol. The van der Waals surface area contributed by atoms with Crippen LogP contribution in [0.15, 0.2) is 6.20 Å². The summed E-state index contributed by atoms with van der Waals surface area (Å²) in [6, 6.07) is 0.203. The second-order valence-corrected chi connectivity index (χ2v) is 6.22. The van der Waals surface area contributed by atoms with Crippen molar-refractivity contribution in [3.63, 3.8) is 0 Å². The summed E-state index contributed by atoms with van der Waals surface area (Å²) in [5, 5.41) is 13.7. The molecule has 2 aliphatic rings. The highest BCUT2D eigenvalue weighted by Crippen LogP contribution is 2.44. The number of aromatic nitrogens is 2. The summed E-state index contributed by atoms with van der Waals surface area (Å²) in [5.74, 6) is -0.671. The molecule has 0 saturated heterocycles. The van der Waals surface area contributed by atoms with Crippen molar-refractivity contribution in [1.29, 1.82) is 0 Å². The Labute approximate surface area is 129 Å². The molecule has 2 aliphatic carbocycles. The molecule has 6 heteroatoms. The van der Waals surface area contributed by atoms with Gasteiger partial charge in [0.25, 0.3) is 0 Å². The molecular weight excluding hydrogens is 284 g/mol. The Morgan fingerprint density at radius 2 is 1.95 bits per heavy atom. The molecule has 0 bridgehead atoms. The first-order valence-corrected chi connectivity index (χ1v) is 8.09. The topological polar surface area (TPSA) is 81.4 Å². The molecule has 0 aliphatic heterocycles. The number of esters is 1. The van der Waals surface area contributed by atoms with Crippen LogP contribution in [-0.4, -0.2) is 33.4 Å². The molecule has 2 fully saturated rings. The van der Waals surface area contributed by atoms with Gasteiger partial charge in [-0.25, -0.2) is 4.79 Å². The fraction of sp³-hybridized carbons (Fsp3) is 0.688. The van der Waals surface area contributed by atoms with Crippen molar-refractivity contribution in [3.8, 4) is 0 Å². The SMILES string of the molecule is CCOC(=O)C1CCC(n2ncc(C(=O)O)c2C2CC2)CC1. The van der Waals surface area contributed by atoms with E-state index in [4.69, 9.17) is 4.74 Å². The van der Waals surface area contributed by atoms with Crippen LogP contribution >= 0.6 is 0 Å². The van der Waals surface area contributed by atoms with E-state index in [0.29, 0.717) is 18.1 Å². The Hall–Kier alpha value is -1.85. The van der Waals surface area contributed by atoms with Gasteiger partial charge in [-0.2, -0.15) is 5.10 Å². The summed E-state index contributed by atoms with van der Waals surface area (Å²) < 4.78 is 7.01. The lowest BCUT2D eigenvalue weighted by Crippen LogP contribution is -2.26. The van der Waals surface area contributed by atoms with E-state index in [2.05, 4.69) is 5.10 Å². The Balaban J connectivity index is 1.71. The fourth-order valence-corrected chi connectivity index (χ4v) is 3.41. The zero-order valence-electron chi connectivity index (χ0n) is 12.8. The predicted octanol–water partition coefficient (Wildman–Crippen LogP) is 2.75. The number of carboxylic acid groups (broad SMARTS) is 1. The Morgan fingerprint density at radius 3 is 2.50 bits per heavy atom. The van der Waals surface area contributed by atoms with Gasteiger partial charge in [0.05, 0.1) is 30.5 Å². The van der Waals surface area contributed by atoms with E-state index in [1.165, 1.54) is 6.20 Å². The van der Waals surface area contributed by atoms with E-state index in [1.807, 2.05) is 11.6 Å². The summed E-state index contributed by atoms with van der Waals surface area (Å²) in [6.45, 7) is 2.24. The van der Waals surface area contributed by atoms with Crippen LogP contribution in [0.3, 0.4) is 0 Å². The maximum Gasteiger partial charge on any atom is 0.339 e. The van der Waals surface area contributed by atoms with E-state index >= 15 is 0 Å². The predicted molar refractivity (Wildman–Crippen MR) is 78.8 cm³/mol. The first kappa shape index (κ1) is 15.1. The van der Waals surface area contributed by atoms with Crippen molar-refractivity contribution in [1.82, 2.24) is 9.78 Å². The number of nitrogens with zero attached hydrogens (tertiary/aromatic N) is 2. The molecule has 1 aromatic rings. The molecule has 0 atom stereocenters. The largest absolute Gasteiger partial charge is 0.478 e. The van der Waals surface area contributed by atoms with Gasteiger partial charge in [0.2, 0.25) is 0 Å². The van der Waals surface area contributed by atoms with Crippen LogP contribution in [0.25, 0.3) is 0 Å². The van der Waals surface area contributed by atoms with Gasteiger partial charge >= 0.3 is 11.9 Å². The molecule has 1 N–H and O–H groups in total.